The molecule has 0 bridgehead atoms. The molecule has 0 saturated heterocycles. The quantitative estimate of drug-likeness (QED) is 0.870. The molecule has 1 aliphatic heterocycles. The van der Waals surface area contributed by atoms with Crippen LogP contribution in [0.25, 0.3) is 0 Å². The van der Waals surface area contributed by atoms with Gasteiger partial charge in [0.2, 0.25) is 15.9 Å². The highest BCUT2D eigenvalue weighted by atomic mass is 32.2. The number of carbonyl (C=O) groups is 1. The Balaban J connectivity index is 1.55. The van der Waals surface area contributed by atoms with E-state index in [1.165, 1.54) is 10.4 Å². The molecule has 25 heavy (non-hydrogen) atoms. The number of sulfonamides is 1. The van der Waals surface area contributed by atoms with Crippen molar-refractivity contribution in [3.8, 4) is 0 Å². The predicted molar refractivity (Wildman–Crippen MR) is 99.2 cm³/mol. The molecule has 0 aliphatic carbocycles. The monoisotopic (exact) mass is 378 g/mol. The number of hydrogen-bond acceptors (Lipinski definition) is 4. The van der Waals surface area contributed by atoms with Crippen LogP contribution >= 0.6 is 11.3 Å². The van der Waals surface area contributed by atoms with Gasteiger partial charge >= 0.3 is 0 Å². The lowest BCUT2D eigenvalue weighted by molar-refractivity contribution is -0.131. The average Bonchev–Trinajstić information content (AvgIpc) is 3.04. The molecule has 1 aromatic heterocycles. The normalized spacial score (nSPS) is 14.4. The SMILES string of the molecule is Cc1ccc(S(=O)(=O)NCCC(=O)N2CCc3sccc3C2)cc1C. The van der Waals surface area contributed by atoms with Crippen molar-refractivity contribution in [3.05, 3.63) is 51.2 Å². The Morgan fingerprint density at radius 1 is 1.24 bits per heavy atom. The second-order valence-corrected chi connectivity index (χ2v) is 9.10. The summed E-state index contributed by atoms with van der Waals surface area (Å²) in [5.41, 5.74) is 3.19. The van der Waals surface area contributed by atoms with Gasteiger partial charge in [0.15, 0.2) is 0 Å². The van der Waals surface area contributed by atoms with Crippen molar-refractivity contribution in [3.63, 3.8) is 0 Å². The highest BCUT2D eigenvalue weighted by Crippen LogP contribution is 2.24. The maximum Gasteiger partial charge on any atom is 0.240 e. The first-order valence-electron chi connectivity index (χ1n) is 8.27. The minimum atomic E-state index is -3.58. The van der Waals surface area contributed by atoms with Gasteiger partial charge in [0.1, 0.15) is 0 Å². The summed E-state index contributed by atoms with van der Waals surface area (Å²) in [6.07, 6.45) is 1.05. The van der Waals surface area contributed by atoms with E-state index in [2.05, 4.69) is 16.2 Å². The molecule has 1 aliphatic rings. The van der Waals surface area contributed by atoms with E-state index >= 15 is 0 Å². The standard InChI is InChI=1S/C18H22N2O3S2/c1-13-3-4-16(11-14(13)2)25(22,23)19-8-5-18(21)20-9-6-17-15(12-20)7-10-24-17/h3-4,7,10-11,19H,5-6,8-9,12H2,1-2H3. The summed E-state index contributed by atoms with van der Waals surface area (Å²) >= 11 is 1.73. The zero-order valence-electron chi connectivity index (χ0n) is 14.4. The Labute approximate surface area is 152 Å². The Kier molecular flexibility index (Phi) is 5.27. The van der Waals surface area contributed by atoms with Gasteiger partial charge in [-0.25, -0.2) is 13.1 Å². The lowest BCUT2D eigenvalue weighted by Crippen LogP contribution is -2.37. The zero-order chi connectivity index (χ0) is 18.0. The van der Waals surface area contributed by atoms with Crippen LogP contribution < -0.4 is 4.72 Å². The van der Waals surface area contributed by atoms with E-state index in [0.717, 1.165) is 17.5 Å². The van der Waals surface area contributed by atoms with E-state index < -0.39 is 10.0 Å². The van der Waals surface area contributed by atoms with Crippen LogP contribution in [0, 0.1) is 13.8 Å². The molecule has 3 rings (SSSR count). The lowest BCUT2D eigenvalue weighted by atomic mass is 10.1. The molecular weight excluding hydrogens is 356 g/mol. The molecule has 0 unspecified atom stereocenters. The molecule has 134 valence electrons. The van der Waals surface area contributed by atoms with Crippen molar-refractivity contribution in [2.24, 2.45) is 0 Å². The van der Waals surface area contributed by atoms with E-state index in [-0.39, 0.29) is 23.8 Å². The van der Waals surface area contributed by atoms with E-state index in [9.17, 15) is 13.2 Å². The summed E-state index contributed by atoms with van der Waals surface area (Å²) in [6, 6.07) is 7.10. The number of fused-ring (bicyclic) bond motifs is 1. The largest absolute Gasteiger partial charge is 0.338 e. The Morgan fingerprint density at radius 3 is 2.80 bits per heavy atom. The summed E-state index contributed by atoms with van der Waals surface area (Å²) in [5, 5.41) is 2.05. The average molecular weight is 379 g/mol. The van der Waals surface area contributed by atoms with Crippen LogP contribution in [0.1, 0.15) is 28.0 Å². The van der Waals surface area contributed by atoms with Crippen LogP contribution in [0.2, 0.25) is 0 Å². The third-order valence-electron chi connectivity index (χ3n) is 4.58. The maximum atomic E-state index is 12.3. The zero-order valence-corrected chi connectivity index (χ0v) is 16.0. The molecule has 1 aromatic carbocycles. The summed E-state index contributed by atoms with van der Waals surface area (Å²) in [7, 11) is -3.58. The summed E-state index contributed by atoms with van der Waals surface area (Å²) < 4.78 is 27.2. The molecule has 1 N–H and O–H groups in total. The molecule has 0 saturated carbocycles. The predicted octanol–water partition coefficient (Wildman–Crippen LogP) is 2.62. The molecule has 1 amide bonds. The van der Waals surface area contributed by atoms with E-state index in [0.29, 0.717) is 13.1 Å². The minimum Gasteiger partial charge on any atom is -0.338 e. The van der Waals surface area contributed by atoms with Gasteiger partial charge in [0, 0.05) is 30.9 Å². The van der Waals surface area contributed by atoms with Crippen molar-refractivity contribution < 1.29 is 13.2 Å². The van der Waals surface area contributed by atoms with Crippen LogP contribution in [0.4, 0.5) is 0 Å². The highest BCUT2D eigenvalue weighted by molar-refractivity contribution is 7.89. The molecule has 0 atom stereocenters. The van der Waals surface area contributed by atoms with E-state index in [1.807, 2.05) is 13.8 Å². The summed E-state index contributed by atoms with van der Waals surface area (Å²) in [5.74, 6) is -0.0142. The fraction of sp³-hybridized carbons (Fsp3) is 0.389. The van der Waals surface area contributed by atoms with Crippen LogP contribution in [0.3, 0.4) is 0 Å². The second-order valence-electron chi connectivity index (χ2n) is 6.33. The number of thiophene rings is 1. The first-order chi connectivity index (χ1) is 11.9. The summed E-state index contributed by atoms with van der Waals surface area (Å²) in [6.45, 7) is 5.27. The number of aryl methyl sites for hydroxylation is 2. The van der Waals surface area contributed by atoms with Crippen LogP contribution in [-0.2, 0) is 27.8 Å². The molecule has 5 nitrogen and oxygen atoms in total. The summed E-state index contributed by atoms with van der Waals surface area (Å²) in [4.78, 5) is 15.7. The molecular formula is C18H22N2O3S2. The molecule has 0 fully saturated rings. The third kappa shape index (κ3) is 4.11. The maximum absolute atomic E-state index is 12.3. The van der Waals surface area contributed by atoms with Crippen molar-refractivity contribution in [1.82, 2.24) is 9.62 Å². The number of rotatable bonds is 5. The van der Waals surface area contributed by atoms with E-state index in [1.54, 1.807) is 34.4 Å². The Morgan fingerprint density at radius 2 is 2.04 bits per heavy atom. The smallest absolute Gasteiger partial charge is 0.240 e. The van der Waals surface area contributed by atoms with Gasteiger partial charge in [0.25, 0.3) is 0 Å². The lowest BCUT2D eigenvalue weighted by Gasteiger charge is -2.27. The van der Waals surface area contributed by atoms with E-state index in [4.69, 9.17) is 0 Å². The van der Waals surface area contributed by atoms with Gasteiger partial charge in [-0.05, 0) is 60.5 Å². The van der Waals surface area contributed by atoms with Gasteiger partial charge in [-0.15, -0.1) is 11.3 Å². The van der Waals surface area contributed by atoms with Gasteiger partial charge in [-0.1, -0.05) is 6.07 Å². The van der Waals surface area contributed by atoms with Crippen LogP contribution in [0.15, 0.2) is 34.5 Å². The minimum absolute atomic E-state index is 0.0142. The number of hydrogen-bond donors (Lipinski definition) is 1. The van der Waals surface area contributed by atoms with Crippen molar-refractivity contribution in [2.45, 2.75) is 38.1 Å². The Hall–Kier alpha value is -1.70. The molecule has 0 spiro atoms. The van der Waals surface area contributed by atoms with Crippen LogP contribution in [0.5, 0.6) is 0 Å². The third-order valence-corrected chi connectivity index (χ3v) is 7.06. The number of nitrogens with one attached hydrogen (secondary N) is 1. The van der Waals surface area contributed by atoms with Gasteiger partial charge < -0.3 is 4.90 Å². The van der Waals surface area contributed by atoms with Gasteiger partial charge in [0.05, 0.1) is 4.90 Å². The number of amides is 1. The van der Waals surface area contributed by atoms with Crippen molar-refractivity contribution in [1.29, 1.82) is 0 Å². The van der Waals surface area contributed by atoms with Crippen molar-refractivity contribution in [2.75, 3.05) is 13.1 Å². The fourth-order valence-electron chi connectivity index (χ4n) is 2.88. The number of benzene rings is 1. The van der Waals surface area contributed by atoms with Gasteiger partial charge in [-0.2, -0.15) is 0 Å². The molecule has 2 aromatic rings. The molecule has 2 heterocycles. The topological polar surface area (TPSA) is 66.5 Å². The highest BCUT2D eigenvalue weighted by Gasteiger charge is 2.22. The Bertz CT molecular complexity index is 887. The molecule has 7 heteroatoms. The fourth-order valence-corrected chi connectivity index (χ4v) is 4.88. The number of carbonyl (C=O) groups excluding carboxylic acids is 1. The number of nitrogens with zero attached hydrogens (tertiary/aromatic N) is 1. The van der Waals surface area contributed by atoms with Gasteiger partial charge in [-0.3, -0.25) is 4.79 Å². The first-order valence-corrected chi connectivity index (χ1v) is 10.6. The molecule has 0 radical (unpaired) electrons. The first kappa shape index (κ1) is 18.1. The second kappa shape index (κ2) is 7.27. The van der Waals surface area contributed by atoms with Crippen LogP contribution in [-0.4, -0.2) is 32.3 Å². The van der Waals surface area contributed by atoms with Crippen molar-refractivity contribution >= 4 is 27.3 Å².